The molecule has 4 heterocycles. The average Bonchev–Trinajstić information content (AvgIpc) is 3.32. The Morgan fingerprint density at radius 1 is 0.739 bits per heavy atom. The zero-order chi connectivity index (χ0) is 15.5. The van der Waals surface area contributed by atoms with Gasteiger partial charge in [0.05, 0.1) is 9.75 Å². The van der Waals surface area contributed by atoms with Gasteiger partial charge in [-0.3, -0.25) is 0 Å². The van der Waals surface area contributed by atoms with Crippen LogP contribution in [-0.4, -0.2) is 13.2 Å². The van der Waals surface area contributed by atoms with Gasteiger partial charge in [-0.1, -0.05) is 12.1 Å². The van der Waals surface area contributed by atoms with E-state index < -0.39 is 0 Å². The second-order valence-corrected chi connectivity index (χ2v) is 7.93. The zero-order valence-electron chi connectivity index (χ0n) is 12.2. The van der Waals surface area contributed by atoms with Gasteiger partial charge < -0.3 is 9.47 Å². The van der Waals surface area contributed by atoms with Crippen molar-refractivity contribution in [2.75, 3.05) is 13.2 Å². The minimum atomic E-state index is 0.609. The molecule has 0 unspecified atom stereocenters. The average molecular weight is 359 g/mol. The molecule has 0 aromatic carbocycles. The number of ether oxygens (including phenoxy) is 2. The predicted molar refractivity (Wildman–Crippen MR) is 102 cm³/mol. The maximum atomic E-state index is 5.85. The maximum Gasteiger partial charge on any atom is 0.180 e. The highest BCUT2D eigenvalue weighted by atomic mass is 32.1. The van der Waals surface area contributed by atoms with Crippen molar-refractivity contribution in [2.24, 2.45) is 0 Å². The molecule has 0 radical (unpaired) electrons. The third-order valence-corrected chi connectivity index (χ3v) is 6.09. The summed E-state index contributed by atoms with van der Waals surface area (Å²) in [5.41, 5.74) is 0. The van der Waals surface area contributed by atoms with Crippen molar-refractivity contribution in [3.63, 3.8) is 0 Å². The molecule has 0 saturated heterocycles. The number of thiophene rings is 3. The number of fused-ring (bicyclic) bond motifs is 1. The van der Waals surface area contributed by atoms with E-state index in [-0.39, 0.29) is 0 Å². The van der Waals surface area contributed by atoms with Gasteiger partial charge in [-0.2, -0.15) is 0 Å². The molecule has 3 aromatic heterocycles. The fourth-order valence-corrected chi connectivity index (χ4v) is 4.54. The Hall–Kier alpha value is -1.82. The van der Waals surface area contributed by atoms with E-state index >= 15 is 0 Å². The maximum absolute atomic E-state index is 5.85. The minimum absolute atomic E-state index is 0.609. The van der Waals surface area contributed by atoms with Gasteiger partial charge in [-0.05, 0) is 47.2 Å². The molecule has 0 aliphatic carbocycles. The highest BCUT2D eigenvalue weighted by Crippen LogP contribution is 2.45. The fraction of sp³-hybridized carbons (Fsp3) is 0.111. The van der Waals surface area contributed by atoms with Crippen LogP contribution in [0.3, 0.4) is 0 Å². The van der Waals surface area contributed by atoms with Crippen LogP contribution in [0.5, 0.6) is 11.5 Å². The molecule has 3 aromatic rings. The van der Waals surface area contributed by atoms with Crippen LogP contribution in [0.1, 0.15) is 19.5 Å². The monoisotopic (exact) mass is 358 g/mol. The number of rotatable bonds is 4. The summed E-state index contributed by atoms with van der Waals surface area (Å²) in [6, 6.07) is 8.33. The van der Waals surface area contributed by atoms with Gasteiger partial charge in [0.15, 0.2) is 11.5 Å². The largest absolute Gasteiger partial charge is 0.485 e. The van der Waals surface area contributed by atoms with Crippen molar-refractivity contribution >= 4 is 58.3 Å². The van der Waals surface area contributed by atoms with Crippen molar-refractivity contribution in [1.29, 1.82) is 0 Å². The highest BCUT2D eigenvalue weighted by molar-refractivity contribution is 7.15. The van der Waals surface area contributed by atoms with E-state index in [2.05, 4.69) is 59.3 Å². The third kappa shape index (κ3) is 3.27. The van der Waals surface area contributed by atoms with Crippen LogP contribution in [-0.2, 0) is 0 Å². The Morgan fingerprint density at radius 3 is 1.70 bits per heavy atom. The second-order valence-electron chi connectivity index (χ2n) is 4.88. The molecule has 0 atom stereocenters. The molecule has 0 saturated carbocycles. The summed E-state index contributed by atoms with van der Waals surface area (Å²) in [6.07, 6.45) is 8.49. The first-order chi connectivity index (χ1) is 11.4. The normalized spacial score (nSPS) is 14.1. The van der Waals surface area contributed by atoms with Crippen LogP contribution in [0.15, 0.2) is 35.0 Å². The Balaban J connectivity index is 1.67. The van der Waals surface area contributed by atoms with Crippen LogP contribution in [0.25, 0.3) is 24.3 Å². The molecular weight excluding hydrogens is 344 g/mol. The van der Waals surface area contributed by atoms with Gasteiger partial charge >= 0.3 is 0 Å². The lowest BCUT2D eigenvalue weighted by atomic mass is 10.3. The van der Waals surface area contributed by atoms with Crippen molar-refractivity contribution in [3.05, 3.63) is 54.5 Å². The van der Waals surface area contributed by atoms with Crippen molar-refractivity contribution in [3.8, 4) is 11.5 Å². The van der Waals surface area contributed by atoms with Crippen LogP contribution in [0.4, 0.5) is 0 Å². The molecule has 1 aliphatic heterocycles. The molecule has 1 aliphatic rings. The van der Waals surface area contributed by atoms with Gasteiger partial charge in [-0.15, -0.1) is 34.0 Å². The summed E-state index contributed by atoms with van der Waals surface area (Å²) in [6.45, 7) is 1.22. The Morgan fingerprint density at radius 2 is 1.26 bits per heavy atom. The molecule has 0 amide bonds. The second kappa shape index (κ2) is 6.74. The van der Waals surface area contributed by atoms with E-state index in [0.717, 1.165) is 21.3 Å². The predicted octanol–water partition coefficient (Wildman–Crippen LogP) is 5.98. The van der Waals surface area contributed by atoms with Crippen molar-refractivity contribution in [1.82, 2.24) is 0 Å². The zero-order valence-corrected chi connectivity index (χ0v) is 14.7. The highest BCUT2D eigenvalue weighted by Gasteiger charge is 2.21. The van der Waals surface area contributed by atoms with Crippen LogP contribution < -0.4 is 9.47 Å². The summed E-state index contributed by atoms with van der Waals surface area (Å²) < 4.78 is 11.7. The Labute approximate surface area is 146 Å². The summed E-state index contributed by atoms with van der Waals surface area (Å²) in [4.78, 5) is 4.69. The fourth-order valence-electron chi connectivity index (χ4n) is 2.30. The van der Waals surface area contributed by atoms with Gasteiger partial charge in [0.2, 0.25) is 0 Å². The molecule has 0 bridgehead atoms. The first kappa shape index (κ1) is 14.8. The van der Waals surface area contributed by atoms with Gasteiger partial charge in [0.1, 0.15) is 13.2 Å². The first-order valence-electron chi connectivity index (χ1n) is 7.26. The SMILES string of the molecule is C(=C\c1sc(/C=C/c2cccs2)c2c1OCCO2)/c1cccs1. The smallest absolute Gasteiger partial charge is 0.180 e. The third-order valence-electron chi connectivity index (χ3n) is 3.33. The van der Waals surface area contributed by atoms with Crippen LogP contribution in [0, 0.1) is 0 Å². The molecule has 5 heteroatoms. The molecule has 0 N–H and O–H groups in total. The Bertz CT molecular complexity index is 755. The van der Waals surface area contributed by atoms with E-state index in [1.807, 2.05) is 0 Å². The molecule has 0 spiro atoms. The molecule has 2 nitrogen and oxygen atoms in total. The van der Waals surface area contributed by atoms with Crippen LogP contribution >= 0.6 is 34.0 Å². The first-order valence-corrected chi connectivity index (χ1v) is 9.83. The van der Waals surface area contributed by atoms with Crippen molar-refractivity contribution in [2.45, 2.75) is 0 Å². The quantitative estimate of drug-likeness (QED) is 0.571. The minimum Gasteiger partial charge on any atom is -0.485 e. The summed E-state index contributed by atoms with van der Waals surface area (Å²) in [7, 11) is 0. The lowest BCUT2D eigenvalue weighted by molar-refractivity contribution is 0.173. The van der Waals surface area contributed by atoms with Gasteiger partial charge in [0.25, 0.3) is 0 Å². The van der Waals surface area contributed by atoms with E-state index in [1.54, 1.807) is 34.0 Å². The van der Waals surface area contributed by atoms with E-state index in [1.165, 1.54) is 9.75 Å². The van der Waals surface area contributed by atoms with E-state index in [9.17, 15) is 0 Å². The van der Waals surface area contributed by atoms with E-state index in [0.29, 0.717) is 13.2 Å². The standard InChI is InChI=1S/C18H14O2S3/c1-3-13(21-11-1)5-7-15-17-18(20-10-9-19-17)16(23-15)8-6-14-4-2-12-22-14/h1-8,11-12H,9-10H2/b7-5+,8-6+. The summed E-state index contributed by atoms with van der Waals surface area (Å²) >= 11 is 5.16. The summed E-state index contributed by atoms with van der Waals surface area (Å²) in [5, 5.41) is 4.16. The number of hydrogen-bond acceptors (Lipinski definition) is 5. The number of hydrogen-bond donors (Lipinski definition) is 0. The topological polar surface area (TPSA) is 18.5 Å². The lowest BCUT2D eigenvalue weighted by Gasteiger charge is -2.16. The van der Waals surface area contributed by atoms with Crippen molar-refractivity contribution < 1.29 is 9.47 Å². The summed E-state index contributed by atoms with van der Waals surface area (Å²) in [5.74, 6) is 1.75. The van der Waals surface area contributed by atoms with Crippen LogP contribution in [0.2, 0.25) is 0 Å². The molecule has 116 valence electrons. The molecule has 0 fully saturated rings. The van der Waals surface area contributed by atoms with E-state index in [4.69, 9.17) is 9.47 Å². The Kier molecular flexibility index (Phi) is 4.33. The molecule has 4 rings (SSSR count). The van der Waals surface area contributed by atoms with Gasteiger partial charge in [-0.25, -0.2) is 0 Å². The van der Waals surface area contributed by atoms with Gasteiger partial charge in [0, 0.05) is 9.75 Å². The molecule has 23 heavy (non-hydrogen) atoms. The molecular formula is C18H14O2S3. The lowest BCUT2D eigenvalue weighted by Crippen LogP contribution is -2.14.